The Morgan fingerprint density at radius 3 is 2.39 bits per heavy atom. The van der Waals surface area contributed by atoms with Crippen molar-refractivity contribution in [2.45, 2.75) is 65.3 Å². The van der Waals surface area contributed by atoms with E-state index in [0.29, 0.717) is 25.8 Å². The molecule has 2 rings (SSSR count). The second-order valence-corrected chi connectivity index (χ2v) is 8.46. The first-order valence-electron chi connectivity index (χ1n) is 11.6. The van der Waals surface area contributed by atoms with Gasteiger partial charge in [0.15, 0.2) is 0 Å². The number of carbonyl (C=O) groups excluding carboxylic acids is 3. The van der Waals surface area contributed by atoms with Crippen LogP contribution in [0.25, 0.3) is 0 Å². The number of nitrogens with zero attached hydrogens (tertiary/aromatic N) is 2. The van der Waals surface area contributed by atoms with E-state index in [1.54, 1.807) is 0 Å². The highest BCUT2D eigenvalue weighted by atomic mass is 16.2. The van der Waals surface area contributed by atoms with Gasteiger partial charge < -0.3 is 16.0 Å². The molecule has 1 aromatic carbocycles. The fourth-order valence-electron chi connectivity index (χ4n) is 4.07. The lowest BCUT2D eigenvalue weighted by atomic mass is 9.97. The molecular formula is C24H38N4O3. The summed E-state index contributed by atoms with van der Waals surface area (Å²) in [6, 6.07) is 7.80. The van der Waals surface area contributed by atoms with E-state index < -0.39 is 0 Å². The molecule has 172 valence electrons. The van der Waals surface area contributed by atoms with Gasteiger partial charge in [-0.1, -0.05) is 26.0 Å². The zero-order valence-electron chi connectivity index (χ0n) is 19.1. The van der Waals surface area contributed by atoms with Crippen LogP contribution in [0.3, 0.4) is 0 Å². The molecule has 1 saturated heterocycles. The van der Waals surface area contributed by atoms with Crippen LogP contribution in [-0.4, -0.2) is 53.7 Å². The predicted molar refractivity (Wildman–Crippen MR) is 123 cm³/mol. The maximum atomic E-state index is 12.3. The first kappa shape index (κ1) is 24.9. The van der Waals surface area contributed by atoms with Crippen molar-refractivity contribution in [3.63, 3.8) is 0 Å². The summed E-state index contributed by atoms with van der Waals surface area (Å²) in [5.74, 6) is -0.210. The second-order valence-electron chi connectivity index (χ2n) is 8.46. The van der Waals surface area contributed by atoms with E-state index >= 15 is 0 Å². The molecule has 1 aliphatic heterocycles. The lowest BCUT2D eigenvalue weighted by Gasteiger charge is -2.31. The SMILES string of the molecule is CCCN(CCC)C(=O)CCCC(=O)Nc1ccc(CN2CCCC(C(N)=O)C2)cc1. The van der Waals surface area contributed by atoms with Crippen LogP contribution in [0.2, 0.25) is 0 Å². The summed E-state index contributed by atoms with van der Waals surface area (Å²) in [4.78, 5) is 40.1. The molecule has 0 bridgehead atoms. The maximum Gasteiger partial charge on any atom is 0.224 e. The number of hydrogen-bond acceptors (Lipinski definition) is 4. The zero-order valence-corrected chi connectivity index (χ0v) is 19.1. The van der Waals surface area contributed by atoms with Gasteiger partial charge in [0.25, 0.3) is 0 Å². The normalized spacial score (nSPS) is 16.6. The van der Waals surface area contributed by atoms with Gasteiger partial charge in [-0.25, -0.2) is 0 Å². The van der Waals surface area contributed by atoms with Crippen molar-refractivity contribution in [3.05, 3.63) is 29.8 Å². The summed E-state index contributed by atoms with van der Waals surface area (Å²) < 4.78 is 0. The van der Waals surface area contributed by atoms with Crippen LogP contribution in [0.1, 0.15) is 64.4 Å². The van der Waals surface area contributed by atoms with Crippen LogP contribution in [-0.2, 0) is 20.9 Å². The fourth-order valence-corrected chi connectivity index (χ4v) is 4.07. The van der Waals surface area contributed by atoms with Gasteiger partial charge in [0.2, 0.25) is 17.7 Å². The van der Waals surface area contributed by atoms with Crippen LogP contribution in [0.4, 0.5) is 5.69 Å². The number of piperidine rings is 1. The number of primary amides is 1. The van der Waals surface area contributed by atoms with Gasteiger partial charge in [0, 0.05) is 44.7 Å². The first-order chi connectivity index (χ1) is 14.9. The number of nitrogens with two attached hydrogens (primary N) is 1. The van der Waals surface area contributed by atoms with Crippen molar-refractivity contribution < 1.29 is 14.4 Å². The van der Waals surface area contributed by atoms with Gasteiger partial charge in [-0.2, -0.15) is 0 Å². The number of likely N-dealkylation sites (tertiary alicyclic amines) is 1. The number of hydrogen-bond donors (Lipinski definition) is 2. The summed E-state index contributed by atoms with van der Waals surface area (Å²) in [7, 11) is 0. The van der Waals surface area contributed by atoms with E-state index in [1.165, 1.54) is 0 Å². The molecule has 1 aliphatic rings. The Morgan fingerprint density at radius 2 is 1.77 bits per heavy atom. The van der Waals surface area contributed by atoms with Crippen LogP contribution in [0.5, 0.6) is 0 Å². The average molecular weight is 431 g/mol. The third-order valence-corrected chi connectivity index (χ3v) is 5.69. The molecule has 1 atom stereocenters. The Balaban J connectivity index is 1.73. The predicted octanol–water partition coefficient (Wildman–Crippen LogP) is 3.14. The van der Waals surface area contributed by atoms with Gasteiger partial charge >= 0.3 is 0 Å². The molecule has 7 heteroatoms. The number of amides is 3. The molecule has 7 nitrogen and oxygen atoms in total. The Kier molecular flexibility index (Phi) is 10.5. The topological polar surface area (TPSA) is 95.7 Å². The van der Waals surface area contributed by atoms with Crippen molar-refractivity contribution >= 4 is 23.4 Å². The van der Waals surface area contributed by atoms with Gasteiger partial charge in [0.1, 0.15) is 0 Å². The van der Waals surface area contributed by atoms with Crippen molar-refractivity contribution in [1.82, 2.24) is 9.80 Å². The summed E-state index contributed by atoms with van der Waals surface area (Å²) in [6.07, 6.45) is 5.06. The smallest absolute Gasteiger partial charge is 0.224 e. The van der Waals surface area contributed by atoms with Crippen molar-refractivity contribution in [3.8, 4) is 0 Å². The van der Waals surface area contributed by atoms with Gasteiger partial charge in [-0.05, 0) is 56.3 Å². The summed E-state index contributed by atoms with van der Waals surface area (Å²) >= 11 is 0. The number of rotatable bonds is 12. The molecule has 1 unspecified atom stereocenters. The minimum Gasteiger partial charge on any atom is -0.369 e. The summed E-state index contributed by atoms with van der Waals surface area (Å²) in [6.45, 7) is 8.15. The molecule has 1 fully saturated rings. The molecule has 0 spiro atoms. The summed E-state index contributed by atoms with van der Waals surface area (Å²) in [5, 5.41) is 2.91. The summed E-state index contributed by atoms with van der Waals surface area (Å²) in [5.41, 5.74) is 7.35. The zero-order chi connectivity index (χ0) is 22.6. The van der Waals surface area contributed by atoms with E-state index in [4.69, 9.17) is 5.73 Å². The average Bonchev–Trinajstić information content (AvgIpc) is 2.75. The van der Waals surface area contributed by atoms with Gasteiger partial charge in [0.05, 0.1) is 5.92 Å². The number of benzene rings is 1. The third kappa shape index (κ3) is 8.69. The molecule has 31 heavy (non-hydrogen) atoms. The third-order valence-electron chi connectivity index (χ3n) is 5.69. The molecule has 0 aromatic heterocycles. The fraction of sp³-hybridized carbons (Fsp3) is 0.625. The number of nitrogens with one attached hydrogen (secondary N) is 1. The van der Waals surface area contributed by atoms with Crippen LogP contribution < -0.4 is 11.1 Å². The van der Waals surface area contributed by atoms with Crippen LogP contribution in [0, 0.1) is 5.92 Å². The van der Waals surface area contributed by atoms with E-state index in [1.807, 2.05) is 29.2 Å². The molecular weight excluding hydrogens is 392 g/mol. The van der Waals surface area contributed by atoms with Crippen molar-refractivity contribution in [2.24, 2.45) is 11.7 Å². The van der Waals surface area contributed by atoms with Crippen molar-refractivity contribution in [1.29, 1.82) is 0 Å². The van der Waals surface area contributed by atoms with Gasteiger partial charge in [-0.3, -0.25) is 19.3 Å². The molecule has 0 saturated carbocycles. The molecule has 1 heterocycles. The highest BCUT2D eigenvalue weighted by Crippen LogP contribution is 2.19. The maximum absolute atomic E-state index is 12.3. The molecule has 0 aliphatic carbocycles. The van der Waals surface area contributed by atoms with E-state index in [0.717, 1.165) is 63.1 Å². The highest BCUT2D eigenvalue weighted by Gasteiger charge is 2.23. The standard InChI is InChI=1S/C24H38N4O3/c1-3-14-28(15-4-2)23(30)9-5-8-22(29)26-21-12-10-19(11-13-21)17-27-16-6-7-20(18-27)24(25)31/h10-13,20H,3-9,14-18H2,1-2H3,(H2,25,31)(H,26,29). The lowest BCUT2D eigenvalue weighted by molar-refractivity contribution is -0.131. The largest absolute Gasteiger partial charge is 0.369 e. The highest BCUT2D eigenvalue weighted by molar-refractivity contribution is 5.91. The Hall–Kier alpha value is -2.41. The molecule has 1 aromatic rings. The Bertz CT molecular complexity index is 714. The Labute approximate surface area is 186 Å². The van der Waals surface area contributed by atoms with Crippen LogP contribution >= 0.6 is 0 Å². The minimum atomic E-state index is -0.215. The van der Waals surface area contributed by atoms with E-state index in [9.17, 15) is 14.4 Å². The molecule has 0 radical (unpaired) electrons. The number of anilines is 1. The lowest BCUT2D eigenvalue weighted by Crippen LogP contribution is -2.40. The van der Waals surface area contributed by atoms with E-state index in [-0.39, 0.29) is 23.6 Å². The van der Waals surface area contributed by atoms with E-state index in [2.05, 4.69) is 24.1 Å². The monoisotopic (exact) mass is 430 g/mol. The first-order valence-corrected chi connectivity index (χ1v) is 11.6. The number of carbonyl (C=O) groups is 3. The van der Waals surface area contributed by atoms with Crippen LogP contribution in [0.15, 0.2) is 24.3 Å². The molecule has 3 amide bonds. The van der Waals surface area contributed by atoms with Gasteiger partial charge in [-0.15, -0.1) is 0 Å². The molecule has 3 N–H and O–H groups in total. The quantitative estimate of drug-likeness (QED) is 0.532. The van der Waals surface area contributed by atoms with Crippen molar-refractivity contribution in [2.75, 3.05) is 31.5 Å². The minimum absolute atomic E-state index is 0.0600. The Morgan fingerprint density at radius 1 is 1.10 bits per heavy atom. The second kappa shape index (κ2) is 13.1.